The standard InChI is InChI=1S/C18H26O2/c1-13-9-10-17(15(11-13)18(2,3)4)20-12-16(19)14-7-5-6-8-14/h9-11,14H,5-8,12H2,1-4H3. The lowest BCUT2D eigenvalue weighted by Gasteiger charge is -2.23. The normalized spacial score (nSPS) is 16.4. The van der Waals surface area contributed by atoms with Crippen molar-refractivity contribution in [2.24, 2.45) is 5.92 Å². The molecule has 2 nitrogen and oxygen atoms in total. The van der Waals surface area contributed by atoms with Crippen molar-refractivity contribution in [2.75, 3.05) is 6.61 Å². The summed E-state index contributed by atoms with van der Waals surface area (Å²) in [5.74, 6) is 1.36. The second-order valence-electron chi connectivity index (χ2n) is 6.99. The Balaban J connectivity index is 2.07. The Bertz CT molecular complexity index is 477. The zero-order valence-corrected chi connectivity index (χ0v) is 13.2. The maximum atomic E-state index is 12.1. The van der Waals surface area contributed by atoms with E-state index in [0.717, 1.165) is 18.6 Å². The van der Waals surface area contributed by atoms with Gasteiger partial charge >= 0.3 is 0 Å². The second kappa shape index (κ2) is 5.99. The summed E-state index contributed by atoms with van der Waals surface area (Å²) < 4.78 is 5.84. The molecule has 1 aliphatic rings. The number of ketones is 1. The van der Waals surface area contributed by atoms with Crippen LogP contribution in [0.3, 0.4) is 0 Å². The monoisotopic (exact) mass is 274 g/mol. The van der Waals surface area contributed by atoms with Gasteiger partial charge in [0.2, 0.25) is 0 Å². The van der Waals surface area contributed by atoms with Gasteiger partial charge in [0.25, 0.3) is 0 Å². The minimum absolute atomic E-state index is 0.0256. The molecular formula is C18H26O2. The molecule has 0 unspecified atom stereocenters. The van der Waals surface area contributed by atoms with Gasteiger partial charge in [-0.2, -0.15) is 0 Å². The molecule has 0 heterocycles. The van der Waals surface area contributed by atoms with Crippen molar-refractivity contribution in [3.05, 3.63) is 29.3 Å². The Hall–Kier alpha value is -1.31. The van der Waals surface area contributed by atoms with Gasteiger partial charge in [-0.3, -0.25) is 4.79 Å². The molecule has 0 radical (unpaired) electrons. The van der Waals surface area contributed by atoms with E-state index in [1.807, 2.05) is 12.1 Å². The van der Waals surface area contributed by atoms with E-state index in [9.17, 15) is 4.79 Å². The number of hydrogen-bond acceptors (Lipinski definition) is 2. The average Bonchev–Trinajstić information content (AvgIpc) is 2.89. The van der Waals surface area contributed by atoms with Gasteiger partial charge in [0, 0.05) is 5.92 Å². The Morgan fingerprint density at radius 1 is 1.25 bits per heavy atom. The summed E-state index contributed by atoms with van der Waals surface area (Å²) in [5.41, 5.74) is 2.43. The number of carbonyl (C=O) groups is 1. The Labute approximate surface area is 122 Å². The van der Waals surface area contributed by atoms with Crippen molar-refractivity contribution in [1.29, 1.82) is 0 Å². The third kappa shape index (κ3) is 3.62. The summed E-state index contributed by atoms with van der Waals surface area (Å²) in [4.78, 5) is 12.1. The number of benzene rings is 1. The highest BCUT2D eigenvalue weighted by molar-refractivity contribution is 5.82. The number of ether oxygens (including phenoxy) is 1. The first kappa shape index (κ1) is 15.1. The van der Waals surface area contributed by atoms with Gasteiger partial charge < -0.3 is 4.74 Å². The molecular weight excluding hydrogens is 248 g/mol. The van der Waals surface area contributed by atoms with Crippen LogP contribution in [0.4, 0.5) is 0 Å². The van der Waals surface area contributed by atoms with Crippen LogP contribution >= 0.6 is 0 Å². The number of aryl methyl sites for hydroxylation is 1. The lowest BCUT2D eigenvalue weighted by Crippen LogP contribution is -2.21. The highest BCUT2D eigenvalue weighted by Gasteiger charge is 2.24. The minimum Gasteiger partial charge on any atom is -0.486 e. The number of Topliss-reactive ketones (excluding diaryl/α,β-unsaturated/α-hetero) is 1. The molecule has 2 heteroatoms. The zero-order valence-electron chi connectivity index (χ0n) is 13.2. The molecule has 1 fully saturated rings. The third-order valence-corrected chi connectivity index (χ3v) is 4.12. The zero-order chi connectivity index (χ0) is 14.8. The maximum Gasteiger partial charge on any atom is 0.173 e. The lowest BCUT2D eigenvalue weighted by atomic mass is 9.85. The smallest absolute Gasteiger partial charge is 0.173 e. The first-order chi connectivity index (χ1) is 9.38. The summed E-state index contributed by atoms with van der Waals surface area (Å²) in [6.07, 6.45) is 4.47. The first-order valence-electron chi connectivity index (χ1n) is 7.64. The van der Waals surface area contributed by atoms with Gasteiger partial charge in [-0.1, -0.05) is 51.3 Å². The van der Waals surface area contributed by atoms with E-state index in [1.54, 1.807) is 0 Å². The number of hydrogen-bond donors (Lipinski definition) is 0. The molecule has 20 heavy (non-hydrogen) atoms. The molecule has 2 rings (SSSR count). The summed E-state index contributed by atoms with van der Waals surface area (Å²) >= 11 is 0. The van der Waals surface area contributed by atoms with Crippen LogP contribution in [0.5, 0.6) is 5.75 Å². The van der Waals surface area contributed by atoms with Gasteiger partial charge in [0.15, 0.2) is 5.78 Å². The molecule has 1 saturated carbocycles. The second-order valence-corrected chi connectivity index (χ2v) is 6.99. The fraction of sp³-hybridized carbons (Fsp3) is 0.611. The molecule has 0 amide bonds. The molecule has 1 aromatic rings. The van der Waals surface area contributed by atoms with E-state index >= 15 is 0 Å². The predicted octanol–water partition coefficient (Wildman–Crippen LogP) is 4.43. The summed E-state index contributed by atoms with van der Waals surface area (Å²) in [5, 5.41) is 0. The van der Waals surface area contributed by atoms with Crippen molar-refractivity contribution in [3.63, 3.8) is 0 Å². The SMILES string of the molecule is Cc1ccc(OCC(=O)C2CCCC2)c(C(C)(C)C)c1. The van der Waals surface area contributed by atoms with Crippen molar-refractivity contribution in [2.45, 2.75) is 58.8 Å². The van der Waals surface area contributed by atoms with Crippen molar-refractivity contribution in [3.8, 4) is 5.75 Å². The quantitative estimate of drug-likeness (QED) is 0.812. The number of carbonyl (C=O) groups excluding carboxylic acids is 1. The molecule has 1 aliphatic carbocycles. The van der Waals surface area contributed by atoms with Gasteiger partial charge in [0.1, 0.15) is 12.4 Å². The largest absolute Gasteiger partial charge is 0.486 e. The lowest BCUT2D eigenvalue weighted by molar-refractivity contribution is -0.124. The third-order valence-electron chi connectivity index (χ3n) is 4.12. The van der Waals surface area contributed by atoms with Crippen LogP contribution < -0.4 is 4.74 Å². The molecule has 0 aliphatic heterocycles. The van der Waals surface area contributed by atoms with E-state index in [1.165, 1.54) is 24.0 Å². The van der Waals surface area contributed by atoms with Gasteiger partial charge in [-0.05, 0) is 36.8 Å². The number of rotatable bonds is 4. The van der Waals surface area contributed by atoms with E-state index in [0.29, 0.717) is 0 Å². The van der Waals surface area contributed by atoms with Crippen molar-refractivity contribution < 1.29 is 9.53 Å². The molecule has 0 saturated heterocycles. The van der Waals surface area contributed by atoms with Crippen molar-refractivity contribution in [1.82, 2.24) is 0 Å². The van der Waals surface area contributed by atoms with E-state index < -0.39 is 0 Å². The fourth-order valence-electron chi connectivity index (χ4n) is 2.87. The summed E-state index contributed by atoms with van der Waals surface area (Å²) in [7, 11) is 0. The average molecular weight is 274 g/mol. The molecule has 0 atom stereocenters. The maximum absolute atomic E-state index is 12.1. The van der Waals surface area contributed by atoms with Crippen LogP contribution in [0.25, 0.3) is 0 Å². The van der Waals surface area contributed by atoms with E-state index in [2.05, 4.69) is 33.8 Å². The Kier molecular flexibility index (Phi) is 4.52. The van der Waals surface area contributed by atoms with Crippen LogP contribution in [-0.4, -0.2) is 12.4 Å². The Morgan fingerprint density at radius 3 is 2.50 bits per heavy atom. The molecule has 1 aromatic carbocycles. The highest BCUT2D eigenvalue weighted by Crippen LogP contribution is 2.32. The van der Waals surface area contributed by atoms with Gasteiger partial charge in [0.05, 0.1) is 0 Å². The summed E-state index contributed by atoms with van der Waals surface area (Å²) in [6, 6.07) is 6.21. The van der Waals surface area contributed by atoms with Crippen LogP contribution in [0, 0.1) is 12.8 Å². The van der Waals surface area contributed by atoms with Gasteiger partial charge in [-0.15, -0.1) is 0 Å². The van der Waals surface area contributed by atoms with Crippen molar-refractivity contribution >= 4 is 5.78 Å². The Morgan fingerprint density at radius 2 is 1.90 bits per heavy atom. The first-order valence-corrected chi connectivity index (χ1v) is 7.64. The van der Waals surface area contributed by atoms with Crippen LogP contribution in [0.2, 0.25) is 0 Å². The molecule has 0 bridgehead atoms. The molecule has 0 spiro atoms. The summed E-state index contributed by atoms with van der Waals surface area (Å²) in [6.45, 7) is 8.83. The van der Waals surface area contributed by atoms with E-state index in [4.69, 9.17) is 4.74 Å². The molecule has 0 aromatic heterocycles. The van der Waals surface area contributed by atoms with Gasteiger partial charge in [-0.25, -0.2) is 0 Å². The molecule has 110 valence electrons. The molecule has 0 N–H and O–H groups in total. The minimum atomic E-state index is 0.0256. The fourth-order valence-corrected chi connectivity index (χ4v) is 2.87. The topological polar surface area (TPSA) is 26.3 Å². The van der Waals surface area contributed by atoms with Crippen LogP contribution in [0.1, 0.15) is 57.6 Å². The van der Waals surface area contributed by atoms with Crippen LogP contribution in [0.15, 0.2) is 18.2 Å². The van der Waals surface area contributed by atoms with E-state index in [-0.39, 0.29) is 23.7 Å². The van der Waals surface area contributed by atoms with Crippen LogP contribution in [-0.2, 0) is 10.2 Å². The highest BCUT2D eigenvalue weighted by atomic mass is 16.5. The predicted molar refractivity (Wildman–Crippen MR) is 82.3 cm³/mol.